The SMILES string of the molecule is CC(C(=O)O)N(CC(=O)O)C(C(=O)O)C(O)C(=O)O. The number of carboxylic acids is 4. The van der Waals surface area contributed by atoms with Gasteiger partial charge in [0.25, 0.3) is 0 Å². The molecule has 10 nitrogen and oxygen atoms in total. The van der Waals surface area contributed by atoms with E-state index in [0.717, 1.165) is 6.92 Å². The van der Waals surface area contributed by atoms with E-state index in [2.05, 4.69) is 0 Å². The Labute approximate surface area is 106 Å². The number of aliphatic hydroxyl groups is 1. The van der Waals surface area contributed by atoms with Crippen molar-refractivity contribution in [2.75, 3.05) is 6.54 Å². The van der Waals surface area contributed by atoms with Gasteiger partial charge in [0.1, 0.15) is 12.1 Å². The molecule has 0 aromatic rings. The van der Waals surface area contributed by atoms with E-state index < -0.39 is 48.6 Å². The van der Waals surface area contributed by atoms with Crippen LogP contribution in [0.4, 0.5) is 0 Å². The average molecular weight is 279 g/mol. The van der Waals surface area contributed by atoms with Crippen molar-refractivity contribution < 1.29 is 44.7 Å². The maximum atomic E-state index is 10.9. The van der Waals surface area contributed by atoms with Gasteiger partial charge in [-0.2, -0.15) is 0 Å². The molecule has 19 heavy (non-hydrogen) atoms. The molecule has 0 bridgehead atoms. The van der Waals surface area contributed by atoms with E-state index >= 15 is 0 Å². The zero-order valence-electron chi connectivity index (χ0n) is 9.76. The number of rotatable bonds is 8. The highest BCUT2D eigenvalue weighted by atomic mass is 16.4. The number of carbonyl (C=O) groups is 4. The van der Waals surface area contributed by atoms with Gasteiger partial charge in [-0.3, -0.25) is 19.3 Å². The summed E-state index contributed by atoms with van der Waals surface area (Å²) in [5, 5.41) is 44.1. The van der Waals surface area contributed by atoms with E-state index in [1.807, 2.05) is 0 Å². The first-order valence-corrected chi connectivity index (χ1v) is 4.93. The molecule has 0 saturated heterocycles. The summed E-state index contributed by atoms with van der Waals surface area (Å²) in [5.74, 6) is -6.85. The van der Waals surface area contributed by atoms with Gasteiger partial charge in [-0.05, 0) is 6.92 Å². The summed E-state index contributed by atoms with van der Waals surface area (Å²) >= 11 is 0. The van der Waals surface area contributed by atoms with Crippen molar-refractivity contribution in [3.05, 3.63) is 0 Å². The zero-order chi connectivity index (χ0) is 15.3. The van der Waals surface area contributed by atoms with Crippen molar-refractivity contribution >= 4 is 23.9 Å². The number of aliphatic hydroxyl groups excluding tert-OH is 1. The Kier molecular flexibility index (Phi) is 5.89. The number of nitrogens with zero attached hydrogens (tertiary/aromatic N) is 1. The zero-order valence-corrected chi connectivity index (χ0v) is 9.76. The van der Waals surface area contributed by atoms with E-state index in [9.17, 15) is 24.3 Å². The molecule has 0 aromatic heterocycles. The van der Waals surface area contributed by atoms with E-state index in [4.69, 9.17) is 20.4 Å². The first-order chi connectivity index (χ1) is 8.59. The quantitative estimate of drug-likeness (QED) is 0.326. The molecule has 0 aliphatic carbocycles. The third-order valence-electron chi connectivity index (χ3n) is 2.34. The van der Waals surface area contributed by atoms with Crippen LogP contribution < -0.4 is 0 Å². The van der Waals surface area contributed by atoms with Crippen molar-refractivity contribution in [3.8, 4) is 0 Å². The number of aliphatic carboxylic acids is 4. The van der Waals surface area contributed by atoms with Gasteiger partial charge in [-0.25, -0.2) is 4.79 Å². The monoisotopic (exact) mass is 279 g/mol. The normalized spacial score (nSPS) is 15.5. The summed E-state index contributed by atoms with van der Waals surface area (Å²) in [5.41, 5.74) is 0. The van der Waals surface area contributed by atoms with Crippen molar-refractivity contribution in [2.24, 2.45) is 0 Å². The summed E-state index contributed by atoms with van der Waals surface area (Å²) < 4.78 is 0. The Bertz CT molecular complexity index is 393. The topological polar surface area (TPSA) is 173 Å². The summed E-state index contributed by atoms with van der Waals surface area (Å²) in [6.07, 6.45) is -2.46. The van der Waals surface area contributed by atoms with E-state index in [-0.39, 0.29) is 0 Å². The van der Waals surface area contributed by atoms with Crippen LogP contribution in [0, 0.1) is 0 Å². The minimum absolute atomic E-state index is 0.367. The summed E-state index contributed by atoms with van der Waals surface area (Å²) in [4.78, 5) is 43.3. The van der Waals surface area contributed by atoms with Crippen LogP contribution in [0.5, 0.6) is 0 Å². The maximum absolute atomic E-state index is 10.9. The van der Waals surface area contributed by atoms with Crippen LogP contribution in [0.25, 0.3) is 0 Å². The molecule has 0 aliphatic heterocycles. The lowest BCUT2D eigenvalue weighted by Gasteiger charge is -2.31. The highest BCUT2D eigenvalue weighted by molar-refractivity contribution is 5.86. The largest absolute Gasteiger partial charge is 0.480 e. The Balaban J connectivity index is 5.48. The Hall–Kier alpha value is -2.20. The molecule has 0 radical (unpaired) electrons. The minimum Gasteiger partial charge on any atom is -0.480 e. The smallest absolute Gasteiger partial charge is 0.334 e. The van der Waals surface area contributed by atoms with Crippen LogP contribution in [0.3, 0.4) is 0 Å². The lowest BCUT2D eigenvalue weighted by molar-refractivity contribution is -0.167. The predicted octanol–water partition coefficient (Wildman–Crippen LogP) is -2.26. The molecule has 3 atom stereocenters. The molecule has 5 N–H and O–H groups in total. The third-order valence-corrected chi connectivity index (χ3v) is 2.34. The van der Waals surface area contributed by atoms with Crippen LogP contribution in [0.1, 0.15) is 6.92 Å². The molecule has 0 aromatic carbocycles. The molecule has 10 heteroatoms. The van der Waals surface area contributed by atoms with E-state index in [1.54, 1.807) is 0 Å². The fourth-order valence-electron chi connectivity index (χ4n) is 1.37. The Morgan fingerprint density at radius 1 is 0.947 bits per heavy atom. The lowest BCUT2D eigenvalue weighted by Crippen LogP contribution is -2.58. The molecular formula is C9H13NO9. The number of hydrogen-bond acceptors (Lipinski definition) is 6. The number of carboxylic acid groups (broad SMARTS) is 4. The van der Waals surface area contributed by atoms with Crippen LogP contribution in [-0.2, 0) is 19.2 Å². The summed E-state index contributed by atoms with van der Waals surface area (Å²) in [6.45, 7) is -0.0649. The van der Waals surface area contributed by atoms with Crippen molar-refractivity contribution in [1.82, 2.24) is 4.90 Å². The molecule has 0 amide bonds. The second kappa shape index (κ2) is 6.66. The number of hydrogen-bond donors (Lipinski definition) is 5. The highest BCUT2D eigenvalue weighted by Gasteiger charge is 2.41. The molecular weight excluding hydrogens is 266 g/mol. The second-order valence-electron chi connectivity index (χ2n) is 3.65. The van der Waals surface area contributed by atoms with Crippen molar-refractivity contribution in [2.45, 2.75) is 25.1 Å². The van der Waals surface area contributed by atoms with Crippen molar-refractivity contribution in [1.29, 1.82) is 0 Å². The molecule has 108 valence electrons. The minimum atomic E-state index is -2.46. The van der Waals surface area contributed by atoms with Gasteiger partial charge in [0.15, 0.2) is 6.10 Å². The average Bonchev–Trinajstić information content (AvgIpc) is 2.25. The highest BCUT2D eigenvalue weighted by Crippen LogP contribution is 2.11. The van der Waals surface area contributed by atoms with E-state index in [1.165, 1.54) is 0 Å². The third kappa shape index (κ3) is 4.52. The molecule has 0 saturated carbocycles. The van der Waals surface area contributed by atoms with E-state index in [0.29, 0.717) is 4.90 Å². The Morgan fingerprint density at radius 3 is 1.68 bits per heavy atom. The van der Waals surface area contributed by atoms with Crippen LogP contribution in [0.2, 0.25) is 0 Å². The Morgan fingerprint density at radius 2 is 1.42 bits per heavy atom. The summed E-state index contributed by atoms with van der Waals surface area (Å²) in [7, 11) is 0. The van der Waals surface area contributed by atoms with Gasteiger partial charge >= 0.3 is 23.9 Å². The molecule has 0 rings (SSSR count). The van der Waals surface area contributed by atoms with Gasteiger partial charge in [0.2, 0.25) is 0 Å². The van der Waals surface area contributed by atoms with Crippen molar-refractivity contribution in [3.63, 3.8) is 0 Å². The fourth-order valence-corrected chi connectivity index (χ4v) is 1.37. The standard InChI is InChI=1S/C9H13NO9/c1-3(7(14)15)10(2-4(11)12)5(8(16)17)6(13)9(18)19/h3,5-6,13H,2H2,1H3,(H,11,12)(H,14,15)(H,16,17)(H,18,19). The summed E-state index contributed by atoms with van der Waals surface area (Å²) in [6, 6.07) is -3.80. The first kappa shape index (κ1) is 16.8. The van der Waals surface area contributed by atoms with Gasteiger partial charge in [0.05, 0.1) is 6.54 Å². The molecule has 0 aliphatic rings. The molecule has 0 heterocycles. The predicted molar refractivity (Wildman–Crippen MR) is 56.5 cm³/mol. The van der Waals surface area contributed by atoms with Gasteiger partial charge in [-0.15, -0.1) is 0 Å². The first-order valence-electron chi connectivity index (χ1n) is 4.93. The maximum Gasteiger partial charge on any atom is 0.334 e. The molecule has 3 unspecified atom stereocenters. The van der Waals surface area contributed by atoms with Crippen LogP contribution >= 0.6 is 0 Å². The van der Waals surface area contributed by atoms with Crippen LogP contribution in [0.15, 0.2) is 0 Å². The van der Waals surface area contributed by atoms with Gasteiger partial charge < -0.3 is 25.5 Å². The van der Waals surface area contributed by atoms with Crippen LogP contribution in [-0.4, -0.2) is 79.0 Å². The van der Waals surface area contributed by atoms with Gasteiger partial charge in [-0.1, -0.05) is 0 Å². The van der Waals surface area contributed by atoms with Gasteiger partial charge in [0, 0.05) is 0 Å². The fraction of sp³-hybridized carbons (Fsp3) is 0.556. The lowest BCUT2D eigenvalue weighted by atomic mass is 10.1. The molecule has 0 spiro atoms. The second-order valence-corrected chi connectivity index (χ2v) is 3.65. The molecule has 0 fully saturated rings.